The van der Waals surface area contributed by atoms with Gasteiger partial charge in [0.2, 0.25) is 5.91 Å². The Morgan fingerprint density at radius 3 is 2.81 bits per heavy atom. The van der Waals surface area contributed by atoms with E-state index in [0.29, 0.717) is 17.5 Å². The molecule has 1 aliphatic carbocycles. The molecule has 0 spiro atoms. The number of para-hydroxylation sites is 1. The van der Waals surface area contributed by atoms with Crippen molar-refractivity contribution in [2.24, 2.45) is 5.41 Å². The van der Waals surface area contributed by atoms with Crippen LogP contribution in [0, 0.1) is 5.41 Å². The van der Waals surface area contributed by atoms with Gasteiger partial charge in [-0.1, -0.05) is 32.0 Å². The molecule has 3 rings (SSSR count). The second-order valence-electron chi connectivity index (χ2n) is 7.53. The zero-order chi connectivity index (χ0) is 15.0. The van der Waals surface area contributed by atoms with Crippen LogP contribution >= 0.6 is 0 Å². The minimum absolute atomic E-state index is 0.0128. The predicted molar refractivity (Wildman–Crippen MR) is 86.4 cm³/mol. The SMILES string of the molecule is CC1CC(C(=O)NC2CCC(C)(C)C2)c2ccccc2N1. The number of rotatable bonds is 2. The highest BCUT2D eigenvalue weighted by Crippen LogP contribution is 2.38. The molecule has 114 valence electrons. The van der Waals surface area contributed by atoms with Gasteiger partial charge in [-0.3, -0.25) is 4.79 Å². The number of fused-ring (bicyclic) bond motifs is 1. The quantitative estimate of drug-likeness (QED) is 0.871. The molecule has 1 aliphatic heterocycles. The number of amides is 1. The highest BCUT2D eigenvalue weighted by molar-refractivity contribution is 5.86. The van der Waals surface area contributed by atoms with Crippen molar-refractivity contribution in [2.75, 3.05) is 5.32 Å². The Morgan fingerprint density at radius 1 is 1.33 bits per heavy atom. The van der Waals surface area contributed by atoms with Gasteiger partial charge in [0.1, 0.15) is 0 Å². The third kappa shape index (κ3) is 3.07. The summed E-state index contributed by atoms with van der Waals surface area (Å²) in [6.07, 6.45) is 4.29. The van der Waals surface area contributed by atoms with Crippen molar-refractivity contribution in [1.82, 2.24) is 5.32 Å². The van der Waals surface area contributed by atoms with E-state index in [9.17, 15) is 4.79 Å². The van der Waals surface area contributed by atoms with Gasteiger partial charge in [-0.2, -0.15) is 0 Å². The second kappa shape index (κ2) is 5.36. The van der Waals surface area contributed by atoms with Crippen molar-refractivity contribution < 1.29 is 4.79 Å². The summed E-state index contributed by atoms with van der Waals surface area (Å²) in [5.74, 6) is 0.194. The van der Waals surface area contributed by atoms with E-state index in [1.54, 1.807) is 0 Å². The fraction of sp³-hybridized carbons (Fsp3) is 0.611. The van der Waals surface area contributed by atoms with Gasteiger partial charge < -0.3 is 10.6 Å². The van der Waals surface area contributed by atoms with E-state index in [0.717, 1.165) is 30.5 Å². The van der Waals surface area contributed by atoms with Gasteiger partial charge in [-0.05, 0) is 49.7 Å². The van der Waals surface area contributed by atoms with Crippen molar-refractivity contribution in [2.45, 2.75) is 64.5 Å². The number of anilines is 1. The summed E-state index contributed by atoms with van der Waals surface area (Å²) in [6, 6.07) is 8.90. The maximum absolute atomic E-state index is 12.7. The monoisotopic (exact) mass is 286 g/mol. The highest BCUT2D eigenvalue weighted by Gasteiger charge is 2.35. The largest absolute Gasteiger partial charge is 0.382 e. The lowest BCUT2D eigenvalue weighted by molar-refractivity contribution is -0.123. The Bertz CT molecular complexity index is 538. The first-order valence-corrected chi connectivity index (χ1v) is 8.10. The minimum atomic E-state index is -0.0128. The lowest BCUT2D eigenvalue weighted by Crippen LogP contribution is -2.40. The average molecular weight is 286 g/mol. The van der Waals surface area contributed by atoms with E-state index in [-0.39, 0.29) is 11.8 Å². The molecule has 0 saturated heterocycles. The summed E-state index contributed by atoms with van der Waals surface area (Å²) in [6.45, 7) is 6.73. The first-order valence-electron chi connectivity index (χ1n) is 8.10. The third-order valence-electron chi connectivity index (χ3n) is 4.96. The first-order chi connectivity index (χ1) is 9.94. The molecule has 0 radical (unpaired) electrons. The smallest absolute Gasteiger partial charge is 0.227 e. The van der Waals surface area contributed by atoms with Crippen molar-refractivity contribution in [3.05, 3.63) is 29.8 Å². The molecule has 3 unspecified atom stereocenters. The summed E-state index contributed by atoms with van der Waals surface area (Å²) >= 11 is 0. The molecule has 0 bridgehead atoms. The second-order valence-corrected chi connectivity index (χ2v) is 7.53. The van der Waals surface area contributed by atoms with Gasteiger partial charge >= 0.3 is 0 Å². The molecule has 1 aromatic carbocycles. The molecular weight excluding hydrogens is 260 g/mol. The Morgan fingerprint density at radius 2 is 2.10 bits per heavy atom. The molecule has 1 aromatic rings. The maximum atomic E-state index is 12.7. The predicted octanol–water partition coefficient (Wildman–Crippen LogP) is 3.67. The van der Waals surface area contributed by atoms with Gasteiger partial charge in [0.15, 0.2) is 0 Å². The fourth-order valence-electron chi connectivity index (χ4n) is 3.85. The Labute approximate surface area is 127 Å². The summed E-state index contributed by atoms with van der Waals surface area (Å²) in [5.41, 5.74) is 2.63. The van der Waals surface area contributed by atoms with Crippen LogP contribution in [0.1, 0.15) is 57.9 Å². The third-order valence-corrected chi connectivity index (χ3v) is 4.96. The normalized spacial score (nSPS) is 30.3. The van der Waals surface area contributed by atoms with Crippen molar-refractivity contribution in [3.63, 3.8) is 0 Å². The molecule has 3 heteroatoms. The number of carbonyl (C=O) groups excluding carboxylic acids is 1. The van der Waals surface area contributed by atoms with Crippen molar-refractivity contribution in [3.8, 4) is 0 Å². The number of hydrogen-bond donors (Lipinski definition) is 2. The zero-order valence-electron chi connectivity index (χ0n) is 13.3. The highest BCUT2D eigenvalue weighted by atomic mass is 16.2. The van der Waals surface area contributed by atoms with Crippen molar-refractivity contribution in [1.29, 1.82) is 0 Å². The molecule has 1 saturated carbocycles. The topological polar surface area (TPSA) is 41.1 Å². The molecule has 2 aliphatic rings. The fourth-order valence-corrected chi connectivity index (χ4v) is 3.85. The van der Waals surface area contributed by atoms with Crippen LogP contribution < -0.4 is 10.6 Å². The van der Waals surface area contributed by atoms with Gasteiger partial charge in [0.25, 0.3) is 0 Å². The van der Waals surface area contributed by atoms with E-state index in [1.807, 2.05) is 12.1 Å². The van der Waals surface area contributed by atoms with Crippen molar-refractivity contribution >= 4 is 11.6 Å². The van der Waals surface area contributed by atoms with Crippen LogP contribution in [0.15, 0.2) is 24.3 Å². The molecule has 3 atom stereocenters. The molecule has 3 nitrogen and oxygen atoms in total. The summed E-state index contributed by atoms with van der Waals surface area (Å²) in [4.78, 5) is 12.7. The van der Waals surface area contributed by atoms with Crippen LogP contribution in [0.2, 0.25) is 0 Å². The molecule has 1 amide bonds. The lowest BCUT2D eigenvalue weighted by atomic mass is 9.86. The van der Waals surface area contributed by atoms with Crippen LogP contribution in [0.25, 0.3) is 0 Å². The van der Waals surface area contributed by atoms with E-state index < -0.39 is 0 Å². The van der Waals surface area contributed by atoms with E-state index in [2.05, 4.69) is 43.5 Å². The van der Waals surface area contributed by atoms with Crippen LogP contribution in [0.5, 0.6) is 0 Å². The first kappa shape index (κ1) is 14.4. The molecular formula is C18H26N2O. The molecule has 0 aromatic heterocycles. The number of hydrogen-bond acceptors (Lipinski definition) is 2. The molecule has 1 fully saturated rings. The Hall–Kier alpha value is -1.51. The molecule has 21 heavy (non-hydrogen) atoms. The minimum Gasteiger partial charge on any atom is -0.382 e. The summed E-state index contributed by atoms with van der Waals surface area (Å²) < 4.78 is 0. The summed E-state index contributed by atoms with van der Waals surface area (Å²) in [7, 11) is 0. The van der Waals surface area contributed by atoms with Crippen LogP contribution in [-0.2, 0) is 4.79 Å². The van der Waals surface area contributed by atoms with Gasteiger partial charge in [0, 0.05) is 17.8 Å². The molecule has 2 N–H and O–H groups in total. The Balaban J connectivity index is 1.73. The number of carbonyl (C=O) groups is 1. The lowest BCUT2D eigenvalue weighted by Gasteiger charge is -2.31. The van der Waals surface area contributed by atoms with E-state index >= 15 is 0 Å². The van der Waals surface area contributed by atoms with Gasteiger partial charge in [-0.15, -0.1) is 0 Å². The van der Waals surface area contributed by atoms with Crippen LogP contribution in [0.3, 0.4) is 0 Å². The number of nitrogens with one attached hydrogen (secondary N) is 2. The van der Waals surface area contributed by atoms with Crippen LogP contribution in [0.4, 0.5) is 5.69 Å². The van der Waals surface area contributed by atoms with Crippen LogP contribution in [-0.4, -0.2) is 18.0 Å². The van der Waals surface area contributed by atoms with Gasteiger partial charge in [-0.25, -0.2) is 0 Å². The van der Waals surface area contributed by atoms with Gasteiger partial charge in [0.05, 0.1) is 5.92 Å². The maximum Gasteiger partial charge on any atom is 0.227 e. The Kier molecular flexibility index (Phi) is 3.68. The zero-order valence-corrected chi connectivity index (χ0v) is 13.3. The summed E-state index contributed by atoms with van der Waals surface area (Å²) in [5, 5.41) is 6.77. The number of benzene rings is 1. The molecule has 1 heterocycles. The average Bonchev–Trinajstić information content (AvgIpc) is 2.76. The van der Waals surface area contributed by atoms with E-state index in [1.165, 1.54) is 6.42 Å². The standard InChI is InChI=1S/C18H26N2O/c1-12-10-15(14-6-4-5-7-16(14)19-12)17(21)20-13-8-9-18(2,3)11-13/h4-7,12-13,15,19H,8-11H2,1-3H3,(H,20,21). The van der Waals surface area contributed by atoms with E-state index in [4.69, 9.17) is 0 Å².